The van der Waals surface area contributed by atoms with Crippen molar-refractivity contribution in [1.82, 2.24) is 15.6 Å². The van der Waals surface area contributed by atoms with Gasteiger partial charge in [-0.2, -0.15) is 0 Å². The lowest BCUT2D eigenvalue weighted by molar-refractivity contribution is -0.136. The number of rotatable bonds is 9. The predicted molar refractivity (Wildman–Crippen MR) is 126 cm³/mol. The Balaban J connectivity index is 1.68. The van der Waals surface area contributed by atoms with E-state index in [2.05, 4.69) is 20.9 Å². The number of hydrogen-bond donors (Lipinski definition) is 3. The molecule has 0 aliphatic carbocycles. The number of amides is 3. The number of methoxy groups -OCH3 is 3. The number of hydrogen-bond acceptors (Lipinski definition) is 8. The standard InChI is InChI=1S/C24H26N4O6/c1-32-18-13-16(14-19(33-2)22(18)34-3)26-23-15(8-6-12-25-23)7-4-5-9-20(29)27-17-10-11-21(30)28-24(17)31/h4-9,12-14,17H,10-11H2,1-3H3,(H,25,26)(H,27,29)(H,28,30,31)/b7-4+,9-5+. The summed E-state index contributed by atoms with van der Waals surface area (Å²) in [6.45, 7) is 0. The SMILES string of the molecule is COc1cc(Nc2ncccc2/C=C/C=C/C(=O)NC2CCC(=O)NC2=O)cc(OC)c1OC. The van der Waals surface area contributed by atoms with E-state index >= 15 is 0 Å². The van der Waals surface area contributed by atoms with E-state index in [1.54, 1.807) is 56.8 Å². The summed E-state index contributed by atoms with van der Waals surface area (Å²) in [6.07, 6.45) is 8.46. The van der Waals surface area contributed by atoms with E-state index in [0.29, 0.717) is 28.8 Å². The first-order valence-electron chi connectivity index (χ1n) is 10.5. The maximum absolute atomic E-state index is 12.1. The fourth-order valence-corrected chi connectivity index (χ4v) is 3.30. The van der Waals surface area contributed by atoms with Gasteiger partial charge in [0.15, 0.2) is 11.5 Å². The van der Waals surface area contributed by atoms with Crippen LogP contribution in [0.15, 0.2) is 48.7 Å². The Labute approximate surface area is 197 Å². The van der Waals surface area contributed by atoms with Crippen molar-refractivity contribution in [2.24, 2.45) is 0 Å². The molecule has 10 heteroatoms. The van der Waals surface area contributed by atoms with Crippen LogP contribution >= 0.6 is 0 Å². The van der Waals surface area contributed by atoms with Crippen molar-refractivity contribution >= 4 is 35.3 Å². The van der Waals surface area contributed by atoms with Gasteiger partial charge in [0.1, 0.15) is 11.9 Å². The number of nitrogens with one attached hydrogen (secondary N) is 3. The number of nitrogens with zero attached hydrogens (tertiary/aromatic N) is 1. The molecule has 1 atom stereocenters. The molecule has 1 unspecified atom stereocenters. The Hall–Kier alpha value is -4.34. The number of imide groups is 1. The summed E-state index contributed by atoms with van der Waals surface area (Å²) in [6, 6.07) is 6.47. The van der Waals surface area contributed by atoms with Gasteiger partial charge in [0.05, 0.1) is 21.3 Å². The molecule has 3 N–H and O–H groups in total. The van der Waals surface area contributed by atoms with E-state index in [-0.39, 0.29) is 18.7 Å². The number of aromatic nitrogens is 1. The second-order valence-electron chi connectivity index (χ2n) is 7.21. The number of benzene rings is 1. The van der Waals surface area contributed by atoms with E-state index in [0.717, 1.165) is 5.56 Å². The summed E-state index contributed by atoms with van der Waals surface area (Å²) in [5, 5.41) is 8.02. The van der Waals surface area contributed by atoms with Crippen molar-refractivity contribution in [2.45, 2.75) is 18.9 Å². The summed E-state index contributed by atoms with van der Waals surface area (Å²) in [7, 11) is 4.62. The van der Waals surface area contributed by atoms with E-state index in [9.17, 15) is 14.4 Å². The molecule has 0 bridgehead atoms. The molecule has 34 heavy (non-hydrogen) atoms. The molecule has 1 aliphatic heterocycles. The van der Waals surface area contributed by atoms with E-state index in [1.807, 2.05) is 6.07 Å². The second kappa shape index (κ2) is 11.5. The van der Waals surface area contributed by atoms with Crippen molar-refractivity contribution in [2.75, 3.05) is 26.6 Å². The molecule has 178 valence electrons. The van der Waals surface area contributed by atoms with Gasteiger partial charge in [0.25, 0.3) is 0 Å². The van der Waals surface area contributed by atoms with Crippen LogP contribution < -0.4 is 30.2 Å². The zero-order valence-corrected chi connectivity index (χ0v) is 19.1. The number of piperidine rings is 1. The van der Waals surface area contributed by atoms with Crippen molar-refractivity contribution < 1.29 is 28.6 Å². The molecule has 1 aromatic carbocycles. The third-order valence-corrected chi connectivity index (χ3v) is 4.96. The highest BCUT2D eigenvalue weighted by Gasteiger charge is 2.27. The molecule has 3 rings (SSSR count). The van der Waals surface area contributed by atoms with Gasteiger partial charge >= 0.3 is 0 Å². The first kappa shape index (κ1) is 24.3. The maximum atomic E-state index is 12.1. The van der Waals surface area contributed by atoms with Gasteiger partial charge in [-0.05, 0) is 18.6 Å². The van der Waals surface area contributed by atoms with Crippen molar-refractivity contribution in [3.05, 3.63) is 54.3 Å². The smallest absolute Gasteiger partial charge is 0.249 e. The Morgan fingerprint density at radius 3 is 2.50 bits per heavy atom. The molecule has 1 aliphatic rings. The highest BCUT2D eigenvalue weighted by molar-refractivity contribution is 6.02. The number of carbonyl (C=O) groups excluding carboxylic acids is 3. The Bertz CT molecular complexity index is 1100. The summed E-state index contributed by atoms with van der Waals surface area (Å²) in [5.41, 5.74) is 1.45. The van der Waals surface area contributed by atoms with E-state index in [1.165, 1.54) is 13.2 Å². The highest BCUT2D eigenvalue weighted by atomic mass is 16.5. The minimum absolute atomic E-state index is 0.197. The first-order valence-corrected chi connectivity index (χ1v) is 10.5. The van der Waals surface area contributed by atoms with Crippen LogP contribution in [0.4, 0.5) is 11.5 Å². The summed E-state index contributed by atoms with van der Waals surface area (Å²) in [4.78, 5) is 39.4. The van der Waals surface area contributed by atoms with Crippen molar-refractivity contribution in [3.63, 3.8) is 0 Å². The van der Waals surface area contributed by atoms with Crippen molar-refractivity contribution in [1.29, 1.82) is 0 Å². The van der Waals surface area contributed by atoms with Gasteiger partial charge in [0.2, 0.25) is 23.5 Å². The zero-order chi connectivity index (χ0) is 24.5. The maximum Gasteiger partial charge on any atom is 0.249 e. The number of carbonyl (C=O) groups is 3. The number of anilines is 2. The predicted octanol–water partition coefficient (Wildman–Crippen LogP) is 2.34. The van der Waals surface area contributed by atoms with E-state index in [4.69, 9.17) is 14.2 Å². The lowest BCUT2D eigenvalue weighted by atomic mass is 10.1. The molecule has 2 heterocycles. The fraction of sp³-hybridized carbons (Fsp3) is 0.250. The quantitative estimate of drug-likeness (QED) is 0.292. The van der Waals surface area contributed by atoms with Crippen LogP contribution in [0.2, 0.25) is 0 Å². The van der Waals surface area contributed by atoms with Gasteiger partial charge < -0.3 is 24.8 Å². The first-order chi connectivity index (χ1) is 16.4. The van der Waals surface area contributed by atoms with E-state index < -0.39 is 17.9 Å². The molecule has 0 spiro atoms. The van der Waals surface area contributed by atoms with Gasteiger partial charge in [-0.3, -0.25) is 19.7 Å². The van der Waals surface area contributed by atoms with Crippen LogP contribution in [-0.4, -0.2) is 50.1 Å². The van der Waals surface area contributed by atoms with Crippen LogP contribution in [0.3, 0.4) is 0 Å². The van der Waals surface area contributed by atoms with Crippen LogP contribution in [0, 0.1) is 0 Å². The van der Waals surface area contributed by atoms with Crippen LogP contribution in [0.25, 0.3) is 6.08 Å². The third kappa shape index (κ3) is 6.12. The average Bonchev–Trinajstić information content (AvgIpc) is 2.83. The average molecular weight is 466 g/mol. The molecule has 3 amide bonds. The Morgan fingerprint density at radius 2 is 1.85 bits per heavy atom. The molecule has 1 fully saturated rings. The number of ether oxygens (including phenoxy) is 3. The number of allylic oxidation sites excluding steroid dienone is 2. The highest BCUT2D eigenvalue weighted by Crippen LogP contribution is 2.40. The van der Waals surface area contributed by atoms with Crippen LogP contribution in [-0.2, 0) is 14.4 Å². The molecule has 10 nitrogen and oxygen atoms in total. The molecule has 0 saturated carbocycles. The molecular weight excluding hydrogens is 440 g/mol. The van der Waals surface area contributed by atoms with Gasteiger partial charge in [-0.25, -0.2) is 4.98 Å². The minimum atomic E-state index is -0.716. The Morgan fingerprint density at radius 1 is 1.12 bits per heavy atom. The molecule has 2 aromatic rings. The summed E-state index contributed by atoms with van der Waals surface area (Å²) < 4.78 is 16.1. The number of pyridine rings is 1. The summed E-state index contributed by atoms with van der Waals surface area (Å²) in [5.74, 6) is 0.811. The largest absolute Gasteiger partial charge is 0.493 e. The van der Waals surface area contributed by atoms with Crippen LogP contribution in [0.5, 0.6) is 17.2 Å². The molecule has 0 radical (unpaired) electrons. The zero-order valence-electron chi connectivity index (χ0n) is 19.1. The minimum Gasteiger partial charge on any atom is -0.493 e. The van der Waals surface area contributed by atoms with Gasteiger partial charge in [-0.15, -0.1) is 0 Å². The third-order valence-electron chi connectivity index (χ3n) is 4.96. The molecular formula is C24H26N4O6. The lowest BCUT2D eigenvalue weighted by Gasteiger charge is -2.20. The summed E-state index contributed by atoms with van der Waals surface area (Å²) >= 11 is 0. The van der Waals surface area contributed by atoms with Gasteiger partial charge in [-0.1, -0.05) is 18.2 Å². The molecule has 1 aromatic heterocycles. The second-order valence-corrected chi connectivity index (χ2v) is 7.21. The van der Waals surface area contributed by atoms with Gasteiger partial charge in [0, 0.05) is 42.1 Å². The topological polar surface area (TPSA) is 128 Å². The molecule has 1 saturated heterocycles. The normalized spacial score (nSPS) is 15.8. The fourth-order valence-electron chi connectivity index (χ4n) is 3.30. The van der Waals surface area contributed by atoms with Crippen molar-refractivity contribution in [3.8, 4) is 17.2 Å². The van der Waals surface area contributed by atoms with Crippen LogP contribution in [0.1, 0.15) is 18.4 Å². The monoisotopic (exact) mass is 466 g/mol. The Kier molecular flexibility index (Phi) is 8.22. The lowest BCUT2D eigenvalue weighted by Crippen LogP contribution is -2.51.